The maximum absolute atomic E-state index is 13.0. The van der Waals surface area contributed by atoms with Crippen LogP contribution >= 0.6 is 0 Å². The summed E-state index contributed by atoms with van der Waals surface area (Å²) in [6.07, 6.45) is 0. The van der Waals surface area contributed by atoms with Crippen LogP contribution in [0.4, 0.5) is 4.79 Å². The SMILES string of the molecule is Cc1cccc(S(=O)(=O)N(C)C2C(=N)N(Cc3ccccc3)C(=O)NC2=O)c1. The van der Waals surface area contributed by atoms with Gasteiger partial charge in [0.1, 0.15) is 5.84 Å². The molecule has 9 heteroatoms. The number of amidine groups is 1. The van der Waals surface area contributed by atoms with E-state index in [-0.39, 0.29) is 11.4 Å². The lowest BCUT2D eigenvalue weighted by molar-refractivity contribution is -0.122. The number of hydrogen-bond donors (Lipinski definition) is 2. The quantitative estimate of drug-likeness (QED) is 0.796. The number of amides is 3. The Morgan fingerprint density at radius 2 is 1.79 bits per heavy atom. The summed E-state index contributed by atoms with van der Waals surface area (Å²) in [5.41, 5.74) is 1.50. The van der Waals surface area contributed by atoms with Crippen molar-refractivity contribution < 1.29 is 18.0 Å². The number of carbonyl (C=O) groups is 2. The molecule has 0 aliphatic carbocycles. The third-order valence-electron chi connectivity index (χ3n) is 4.49. The largest absolute Gasteiger partial charge is 0.329 e. The number of carbonyl (C=O) groups excluding carboxylic acids is 2. The number of likely N-dealkylation sites (N-methyl/N-ethyl adjacent to an activating group) is 1. The lowest BCUT2D eigenvalue weighted by atomic mass is 10.1. The lowest BCUT2D eigenvalue weighted by Gasteiger charge is -2.36. The minimum Gasteiger partial charge on any atom is -0.286 e. The molecule has 8 nitrogen and oxygen atoms in total. The molecule has 1 atom stereocenters. The van der Waals surface area contributed by atoms with E-state index < -0.39 is 33.8 Å². The molecule has 3 rings (SSSR count). The van der Waals surface area contributed by atoms with E-state index in [1.54, 1.807) is 43.3 Å². The zero-order valence-electron chi connectivity index (χ0n) is 15.4. The Morgan fingerprint density at radius 1 is 1.11 bits per heavy atom. The van der Waals surface area contributed by atoms with Crippen molar-refractivity contribution in [3.05, 3.63) is 65.7 Å². The minimum absolute atomic E-state index is 0.0158. The van der Waals surface area contributed by atoms with Crippen molar-refractivity contribution in [3.8, 4) is 0 Å². The van der Waals surface area contributed by atoms with Crippen LogP contribution in [0.3, 0.4) is 0 Å². The van der Waals surface area contributed by atoms with E-state index in [1.807, 2.05) is 6.07 Å². The molecule has 146 valence electrons. The van der Waals surface area contributed by atoms with Gasteiger partial charge in [-0.2, -0.15) is 4.31 Å². The van der Waals surface area contributed by atoms with Crippen LogP contribution in [0, 0.1) is 12.3 Å². The fraction of sp³-hybridized carbons (Fsp3) is 0.211. The molecule has 2 aromatic rings. The van der Waals surface area contributed by atoms with E-state index in [9.17, 15) is 18.0 Å². The van der Waals surface area contributed by atoms with E-state index in [0.29, 0.717) is 0 Å². The van der Waals surface area contributed by atoms with Gasteiger partial charge in [0.05, 0.1) is 11.4 Å². The number of sulfonamides is 1. The summed E-state index contributed by atoms with van der Waals surface area (Å²) >= 11 is 0. The third kappa shape index (κ3) is 3.67. The number of urea groups is 1. The monoisotopic (exact) mass is 400 g/mol. The fourth-order valence-corrected chi connectivity index (χ4v) is 4.35. The highest BCUT2D eigenvalue weighted by Crippen LogP contribution is 2.21. The molecule has 1 saturated heterocycles. The van der Waals surface area contributed by atoms with E-state index in [1.165, 1.54) is 19.2 Å². The van der Waals surface area contributed by atoms with Gasteiger partial charge in [0.15, 0.2) is 6.04 Å². The summed E-state index contributed by atoms with van der Waals surface area (Å²) in [5, 5.41) is 10.5. The van der Waals surface area contributed by atoms with Gasteiger partial charge in [-0.15, -0.1) is 0 Å². The summed E-state index contributed by atoms with van der Waals surface area (Å²) in [6.45, 7) is 1.81. The average molecular weight is 400 g/mol. The molecule has 2 N–H and O–H groups in total. The number of imide groups is 1. The van der Waals surface area contributed by atoms with Crippen LogP contribution in [0.2, 0.25) is 0 Å². The van der Waals surface area contributed by atoms with Gasteiger partial charge in [-0.3, -0.25) is 20.4 Å². The number of benzene rings is 2. The van der Waals surface area contributed by atoms with Gasteiger partial charge in [-0.25, -0.2) is 13.2 Å². The Bertz CT molecular complexity index is 1040. The minimum atomic E-state index is -4.05. The second kappa shape index (κ2) is 7.53. The Balaban J connectivity index is 1.92. The van der Waals surface area contributed by atoms with Crippen LogP contribution in [-0.2, 0) is 21.4 Å². The first-order chi connectivity index (χ1) is 13.2. The standard InChI is InChI=1S/C19H20N4O4S/c1-13-7-6-10-15(11-13)28(26,27)22(2)16-17(20)23(19(25)21-18(16)24)12-14-8-4-3-5-9-14/h3-11,16,20H,12H2,1-2H3,(H,21,24,25). The van der Waals surface area contributed by atoms with E-state index in [4.69, 9.17) is 5.41 Å². The van der Waals surface area contributed by atoms with Crippen molar-refractivity contribution in [3.63, 3.8) is 0 Å². The normalized spacial score (nSPS) is 17.8. The Hall–Kier alpha value is -3.04. The van der Waals surface area contributed by atoms with E-state index in [2.05, 4.69) is 5.32 Å². The Labute approximate surface area is 163 Å². The summed E-state index contributed by atoms with van der Waals surface area (Å²) in [7, 11) is -2.82. The fourth-order valence-electron chi connectivity index (χ4n) is 2.96. The van der Waals surface area contributed by atoms with E-state index in [0.717, 1.165) is 20.3 Å². The van der Waals surface area contributed by atoms with Crippen molar-refractivity contribution in [2.45, 2.75) is 24.4 Å². The molecule has 2 aromatic carbocycles. The van der Waals surface area contributed by atoms with Crippen LogP contribution in [0.15, 0.2) is 59.5 Å². The van der Waals surface area contributed by atoms with Crippen LogP contribution < -0.4 is 5.32 Å². The van der Waals surface area contributed by atoms with Crippen LogP contribution in [-0.4, -0.2) is 48.5 Å². The average Bonchev–Trinajstić information content (AvgIpc) is 2.65. The van der Waals surface area contributed by atoms with Gasteiger partial charge >= 0.3 is 6.03 Å². The predicted molar refractivity (Wildman–Crippen MR) is 103 cm³/mol. The first kappa shape index (κ1) is 19.7. The smallest absolute Gasteiger partial charge is 0.286 e. The molecule has 0 radical (unpaired) electrons. The van der Waals surface area contributed by atoms with Crippen LogP contribution in [0.5, 0.6) is 0 Å². The van der Waals surface area contributed by atoms with Gasteiger partial charge in [-0.1, -0.05) is 42.5 Å². The molecule has 0 aromatic heterocycles. The second-order valence-electron chi connectivity index (χ2n) is 6.49. The van der Waals surface area contributed by atoms with Gasteiger partial charge < -0.3 is 0 Å². The first-order valence-electron chi connectivity index (χ1n) is 8.51. The van der Waals surface area contributed by atoms with Gasteiger partial charge in [-0.05, 0) is 30.2 Å². The summed E-state index contributed by atoms with van der Waals surface area (Å²) in [4.78, 5) is 25.7. The molecular formula is C19H20N4O4S. The highest BCUT2D eigenvalue weighted by Gasteiger charge is 2.44. The van der Waals surface area contributed by atoms with Crippen LogP contribution in [0.25, 0.3) is 0 Å². The molecule has 1 heterocycles. The molecule has 1 unspecified atom stereocenters. The predicted octanol–water partition coefficient (Wildman–Crippen LogP) is 1.71. The Kier molecular flexibility index (Phi) is 5.30. The van der Waals surface area contributed by atoms with Crippen molar-refractivity contribution in [1.29, 1.82) is 5.41 Å². The van der Waals surface area contributed by atoms with Gasteiger partial charge in [0.2, 0.25) is 10.0 Å². The van der Waals surface area contributed by atoms with Gasteiger partial charge in [0, 0.05) is 7.05 Å². The van der Waals surface area contributed by atoms with Crippen molar-refractivity contribution in [2.75, 3.05) is 7.05 Å². The van der Waals surface area contributed by atoms with E-state index >= 15 is 0 Å². The maximum Gasteiger partial charge on any atom is 0.329 e. The zero-order valence-corrected chi connectivity index (χ0v) is 16.2. The van der Waals surface area contributed by atoms with Gasteiger partial charge in [0.25, 0.3) is 5.91 Å². The summed E-state index contributed by atoms with van der Waals surface area (Å²) < 4.78 is 26.8. The molecule has 0 spiro atoms. The maximum atomic E-state index is 13.0. The number of aryl methyl sites for hydroxylation is 1. The highest BCUT2D eigenvalue weighted by molar-refractivity contribution is 7.89. The third-order valence-corrected chi connectivity index (χ3v) is 6.31. The number of nitrogens with one attached hydrogen (secondary N) is 2. The summed E-state index contributed by atoms with van der Waals surface area (Å²) in [5.74, 6) is -1.24. The number of rotatable bonds is 5. The van der Waals surface area contributed by atoms with Crippen molar-refractivity contribution in [1.82, 2.24) is 14.5 Å². The summed E-state index contributed by atoms with van der Waals surface area (Å²) in [6, 6.07) is 13.0. The lowest BCUT2D eigenvalue weighted by Crippen LogP contribution is -2.65. The topological polar surface area (TPSA) is 111 Å². The molecule has 0 bridgehead atoms. The molecule has 28 heavy (non-hydrogen) atoms. The molecule has 0 saturated carbocycles. The first-order valence-corrected chi connectivity index (χ1v) is 9.95. The van der Waals surface area contributed by atoms with Crippen LogP contribution in [0.1, 0.15) is 11.1 Å². The Morgan fingerprint density at radius 3 is 2.43 bits per heavy atom. The molecule has 3 amide bonds. The van der Waals surface area contributed by atoms with Crippen molar-refractivity contribution >= 4 is 27.8 Å². The molecular weight excluding hydrogens is 380 g/mol. The zero-order chi connectivity index (χ0) is 20.5. The highest BCUT2D eigenvalue weighted by atomic mass is 32.2. The van der Waals surface area contributed by atoms with Crippen molar-refractivity contribution in [2.24, 2.45) is 0 Å². The molecule has 1 aliphatic rings. The number of nitrogens with zero attached hydrogens (tertiary/aromatic N) is 2. The number of hydrogen-bond acceptors (Lipinski definition) is 5. The second-order valence-corrected chi connectivity index (χ2v) is 8.49. The molecule has 1 fully saturated rings. The molecule has 1 aliphatic heterocycles.